The Morgan fingerprint density at radius 3 is 2.59 bits per heavy atom. The molecule has 0 bridgehead atoms. The Bertz CT molecular complexity index is 991. The summed E-state index contributed by atoms with van der Waals surface area (Å²) >= 11 is 0. The van der Waals surface area contributed by atoms with Gasteiger partial charge in [0.25, 0.3) is 5.56 Å². The number of halogens is 1. The molecule has 1 aromatic carbocycles. The maximum atomic E-state index is 13.8. The first kappa shape index (κ1) is 20.2. The number of nitrogens with zero attached hydrogens (tertiary/aromatic N) is 3. The van der Waals surface area contributed by atoms with Gasteiger partial charge in [-0.3, -0.25) is 14.2 Å². The van der Waals surface area contributed by atoms with Gasteiger partial charge < -0.3 is 14.2 Å². The molecule has 0 fully saturated rings. The van der Waals surface area contributed by atoms with Crippen molar-refractivity contribution >= 4 is 12.0 Å². The molecule has 0 saturated heterocycles. The van der Waals surface area contributed by atoms with E-state index in [9.17, 15) is 18.8 Å². The molecule has 2 rings (SSSR count). The first-order valence-electron chi connectivity index (χ1n) is 8.34. The van der Waals surface area contributed by atoms with Crippen LogP contribution >= 0.6 is 0 Å². The molecule has 0 radical (unpaired) electrons. The summed E-state index contributed by atoms with van der Waals surface area (Å²) in [6, 6.07) is 4.51. The van der Waals surface area contributed by atoms with Gasteiger partial charge in [0.05, 0.1) is 12.7 Å². The molecule has 0 N–H and O–H groups in total. The number of hydrogen-bond acceptors (Lipinski definition) is 4. The lowest BCUT2D eigenvalue weighted by atomic mass is 10.2. The molecule has 144 valence electrons. The van der Waals surface area contributed by atoms with Gasteiger partial charge in [0.1, 0.15) is 0 Å². The highest BCUT2D eigenvalue weighted by atomic mass is 19.1. The van der Waals surface area contributed by atoms with Gasteiger partial charge in [-0.2, -0.15) is 0 Å². The van der Waals surface area contributed by atoms with E-state index >= 15 is 0 Å². The summed E-state index contributed by atoms with van der Waals surface area (Å²) in [5.74, 6) is -0.689. The summed E-state index contributed by atoms with van der Waals surface area (Å²) in [6.07, 6.45) is 4.02. The van der Waals surface area contributed by atoms with Gasteiger partial charge in [0.15, 0.2) is 11.6 Å². The summed E-state index contributed by atoms with van der Waals surface area (Å²) in [5.41, 5.74) is -0.0861. The number of carbonyl (C=O) groups excluding carboxylic acids is 1. The van der Waals surface area contributed by atoms with Crippen molar-refractivity contribution in [3.63, 3.8) is 0 Å². The summed E-state index contributed by atoms with van der Waals surface area (Å²) < 4.78 is 20.9. The van der Waals surface area contributed by atoms with Crippen LogP contribution in [0.15, 0.2) is 40.1 Å². The quantitative estimate of drug-likeness (QED) is 0.714. The lowest BCUT2D eigenvalue weighted by Crippen LogP contribution is -2.37. The number of methoxy groups -OCH3 is 1. The zero-order chi connectivity index (χ0) is 20.1. The minimum absolute atomic E-state index is 0.138. The van der Waals surface area contributed by atoms with Crippen molar-refractivity contribution < 1.29 is 13.9 Å². The number of hydrogen-bond donors (Lipinski definition) is 0. The van der Waals surface area contributed by atoms with E-state index in [1.165, 1.54) is 61.2 Å². The van der Waals surface area contributed by atoms with Crippen LogP contribution in [0, 0.1) is 5.82 Å². The number of benzene rings is 1. The number of carbonyl (C=O) groups is 1. The van der Waals surface area contributed by atoms with Crippen molar-refractivity contribution in [3.05, 3.63) is 68.3 Å². The van der Waals surface area contributed by atoms with E-state index in [2.05, 4.69) is 0 Å². The van der Waals surface area contributed by atoms with Gasteiger partial charge in [-0.15, -0.1) is 0 Å². The number of rotatable bonds is 6. The second-order valence-electron chi connectivity index (χ2n) is 6.00. The van der Waals surface area contributed by atoms with E-state index < -0.39 is 17.1 Å². The Hall–Kier alpha value is -3.16. The Labute approximate surface area is 155 Å². The SMILES string of the molecule is CCN(Cc1ccc(OC)c(F)c1)C(=O)/C=C/c1cn(C)c(=O)n(C)c1=O. The normalized spacial score (nSPS) is 11.0. The molecule has 2 aromatic rings. The van der Waals surface area contributed by atoms with Crippen molar-refractivity contribution in [1.29, 1.82) is 0 Å². The molecule has 0 saturated carbocycles. The van der Waals surface area contributed by atoms with Crippen molar-refractivity contribution in [2.45, 2.75) is 13.5 Å². The fourth-order valence-corrected chi connectivity index (χ4v) is 2.59. The number of ether oxygens (including phenoxy) is 1. The molecular formula is C19H22FN3O4. The van der Waals surface area contributed by atoms with Crippen molar-refractivity contribution in [3.8, 4) is 5.75 Å². The monoisotopic (exact) mass is 375 g/mol. The lowest BCUT2D eigenvalue weighted by Gasteiger charge is -2.19. The van der Waals surface area contributed by atoms with Crippen LogP contribution in [0.3, 0.4) is 0 Å². The molecule has 0 atom stereocenters. The van der Waals surface area contributed by atoms with Crippen LogP contribution in [0.4, 0.5) is 4.39 Å². The summed E-state index contributed by atoms with van der Waals surface area (Å²) in [4.78, 5) is 37.8. The Kier molecular flexibility index (Phi) is 6.33. The molecular weight excluding hydrogens is 353 g/mol. The number of aryl methyl sites for hydroxylation is 1. The molecule has 1 amide bonds. The largest absolute Gasteiger partial charge is 0.494 e. The standard InChI is InChI=1S/C19H22FN3O4/c1-5-23(11-13-6-8-16(27-4)15(20)10-13)17(24)9-7-14-12-21(2)19(26)22(3)18(14)25/h6-10,12H,5,11H2,1-4H3/b9-7+. The molecule has 8 heteroatoms. The molecule has 0 unspecified atom stereocenters. The zero-order valence-corrected chi connectivity index (χ0v) is 15.7. The molecule has 1 aromatic heterocycles. The summed E-state index contributed by atoms with van der Waals surface area (Å²) in [7, 11) is 4.28. The maximum Gasteiger partial charge on any atom is 0.330 e. The molecule has 27 heavy (non-hydrogen) atoms. The topological polar surface area (TPSA) is 73.5 Å². The van der Waals surface area contributed by atoms with Crippen LogP contribution in [-0.2, 0) is 25.4 Å². The van der Waals surface area contributed by atoms with Crippen LogP contribution in [0.2, 0.25) is 0 Å². The van der Waals surface area contributed by atoms with E-state index in [-0.39, 0.29) is 23.8 Å². The maximum absolute atomic E-state index is 13.8. The van der Waals surface area contributed by atoms with E-state index in [0.29, 0.717) is 12.1 Å². The second-order valence-corrected chi connectivity index (χ2v) is 6.00. The Balaban J connectivity index is 2.20. The van der Waals surface area contributed by atoms with Crippen LogP contribution in [0.25, 0.3) is 6.08 Å². The van der Waals surface area contributed by atoms with E-state index in [4.69, 9.17) is 4.74 Å². The number of amides is 1. The molecule has 1 heterocycles. The highest BCUT2D eigenvalue weighted by Crippen LogP contribution is 2.18. The molecule has 0 spiro atoms. The summed E-state index contributed by atoms with van der Waals surface area (Å²) in [5, 5.41) is 0. The predicted molar refractivity (Wildman–Crippen MR) is 100 cm³/mol. The lowest BCUT2D eigenvalue weighted by molar-refractivity contribution is -0.126. The van der Waals surface area contributed by atoms with E-state index in [1.54, 1.807) is 13.0 Å². The molecule has 0 aliphatic rings. The number of aromatic nitrogens is 2. The van der Waals surface area contributed by atoms with Crippen molar-refractivity contribution in [2.24, 2.45) is 14.1 Å². The van der Waals surface area contributed by atoms with E-state index in [0.717, 1.165) is 4.57 Å². The van der Waals surface area contributed by atoms with Crippen molar-refractivity contribution in [2.75, 3.05) is 13.7 Å². The fraction of sp³-hybridized carbons (Fsp3) is 0.316. The second kappa shape index (κ2) is 8.48. The fourth-order valence-electron chi connectivity index (χ4n) is 2.59. The smallest absolute Gasteiger partial charge is 0.330 e. The Morgan fingerprint density at radius 2 is 2.00 bits per heavy atom. The zero-order valence-electron chi connectivity index (χ0n) is 15.7. The van der Waals surface area contributed by atoms with E-state index in [1.807, 2.05) is 0 Å². The summed E-state index contributed by atoms with van der Waals surface area (Å²) in [6.45, 7) is 2.42. The minimum Gasteiger partial charge on any atom is -0.494 e. The average Bonchev–Trinajstić information content (AvgIpc) is 2.66. The minimum atomic E-state index is -0.497. The number of likely N-dealkylation sites (N-methyl/N-ethyl adjacent to an activating group) is 1. The van der Waals surface area contributed by atoms with Gasteiger partial charge >= 0.3 is 5.69 Å². The third kappa shape index (κ3) is 4.52. The Morgan fingerprint density at radius 1 is 1.30 bits per heavy atom. The van der Waals surface area contributed by atoms with Gasteiger partial charge in [-0.25, -0.2) is 9.18 Å². The first-order chi connectivity index (χ1) is 12.8. The van der Waals surface area contributed by atoms with Gasteiger partial charge in [-0.05, 0) is 30.7 Å². The highest BCUT2D eigenvalue weighted by Gasteiger charge is 2.12. The predicted octanol–water partition coefficient (Wildman–Crippen LogP) is 1.29. The highest BCUT2D eigenvalue weighted by molar-refractivity contribution is 5.91. The van der Waals surface area contributed by atoms with Gasteiger partial charge in [-0.1, -0.05) is 6.07 Å². The average molecular weight is 375 g/mol. The third-order valence-electron chi connectivity index (χ3n) is 4.16. The van der Waals surface area contributed by atoms with Crippen LogP contribution in [-0.4, -0.2) is 33.6 Å². The molecule has 7 nitrogen and oxygen atoms in total. The first-order valence-corrected chi connectivity index (χ1v) is 8.34. The van der Waals surface area contributed by atoms with Crippen molar-refractivity contribution in [1.82, 2.24) is 14.0 Å². The van der Waals surface area contributed by atoms with Gasteiger partial charge in [0, 0.05) is 39.5 Å². The molecule has 0 aliphatic heterocycles. The van der Waals surface area contributed by atoms with Gasteiger partial charge in [0.2, 0.25) is 5.91 Å². The van der Waals surface area contributed by atoms with Crippen LogP contribution in [0.1, 0.15) is 18.1 Å². The van der Waals surface area contributed by atoms with Crippen LogP contribution in [0.5, 0.6) is 5.75 Å². The third-order valence-corrected chi connectivity index (χ3v) is 4.16. The molecule has 0 aliphatic carbocycles. The van der Waals surface area contributed by atoms with Crippen LogP contribution < -0.4 is 16.0 Å².